The van der Waals surface area contributed by atoms with E-state index < -0.39 is 0 Å². The van der Waals surface area contributed by atoms with Crippen molar-refractivity contribution in [3.05, 3.63) is 64.2 Å². The fourth-order valence-electron chi connectivity index (χ4n) is 2.75. The van der Waals surface area contributed by atoms with Crippen molar-refractivity contribution < 1.29 is 9.53 Å². The third-order valence-electron chi connectivity index (χ3n) is 4.15. The van der Waals surface area contributed by atoms with E-state index in [1.807, 2.05) is 37.3 Å². The minimum absolute atomic E-state index is 0.121. The molecule has 3 rings (SSSR count). The van der Waals surface area contributed by atoms with E-state index in [4.69, 9.17) is 16.3 Å². The third kappa shape index (κ3) is 4.35. The quantitative estimate of drug-likeness (QED) is 0.918. The number of anilines is 1. The minimum atomic E-state index is -0.121. The van der Waals surface area contributed by atoms with E-state index in [1.165, 1.54) is 0 Å². The van der Waals surface area contributed by atoms with Crippen LogP contribution in [0, 0.1) is 6.92 Å². The maximum Gasteiger partial charge on any atom is 0.255 e. The predicted octanol–water partition coefficient (Wildman–Crippen LogP) is 3.73. The number of nitrogens with one attached hydrogen (secondary N) is 1. The largest absolute Gasteiger partial charge is 0.379 e. The van der Waals surface area contributed by atoms with Gasteiger partial charge in [0, 0.05) is 35.9 Å². The molecule has 0 unspecified atom stereocenters. The molecule has 0 atom stereocenters. The number of nitrogens with zero attached hydrogens (tertiary/aromatic N) is 1. The number of hydrogen-bond acceptors (Lipinski definition) is 3. The lowest BCUT2D eigenvalue weighted by Gasteiger charge is -2.26. The first-order valence-electron chi connectivity index (χ1n) is 8.08. The summed E-state index contributed by atoms with van der Waals surface area (Å²) < 4.78 is 5.37. The highest BCUT2D eigenvalue weighted by Crippen LogP contribution is 2.21. The second kappa shape index (κ2) is 7.79. The van der Waals surface area contributed by atoms with Crippen LogP contribution in [0.15, 0.2) is 42.5 Å². The van der Waals surface area contributed by atoms with Crippen LogP contribution in [0.4, 0.5) is 5.69 Å². The minimum Gasteiger partial charge on any atom is -0.379 e. The lowest BCUT2D eigenvalue weighted by atomic mass is 10.1. The molecule has 1 N–H and O–H groups in total. The number of morpholine rings is 1. The Labute approximate surface area is 147 Å². The van der Waals surface area contributed by atoms with Crippen molar-refractivity contribution in [2.45, 2.75) is 13.5 Å². The van der Waals surface area contributed by atoms with E-state index in [0.29, 0.717) is 10.6 Å². The van der Waals surface area contributed by atoms with Gasteiger partial charge in [-0.2, -0.15) is 0 Å². The van der Waals surface area contributed by atoms with Gasteiger partial charge in [0.25, 0.3) is 5.91 Å². The Balaban J connectivity index is 1.70. The third-order valence-corrected chi connectivity index (χ3v) is 4.38. The van der Waals surface area contributed by atoms with Crippen LogP contribution in [0.1, 0.15) is 21.5 Å². The zero-order valence-corrected chi connectivity index (χ0v) is 14.5. The summed E-state index contributed by atoms with van der Waals surface area (Å²) in [6, 6.07) is 13.2. The van der Waals surface area contributed by atoms with Crippen LogP contribution in [-0.2, 0) is 11.3 Å². The molecule has 1 amide bonds. The number of carbonyl (C=O) groups is 1. The van der Waals surface area contributed by atoms with Crippen molar-refractivity contribution in [1.29, 1.82) is 0 Å². The van der Waals surface area contributed by atoms with Crippen molar-refractivity contribution >= 4 is 23.2 Å². The van der Waals surface area contributed by atoms with Crippen LogP contribution in [0.5, 0.6) is 0 Å². The van der Waals surface area contributed by atoms with Gasteiger partial charge in [0.2, 0.25) is 0 Å². The van der Waals surface area contributed by atoms with Gasteiger partial charge in [0.05, 0.1) is 13.2 Å². The molecule has 0 aromatic heterocycles. The average molecular weight is 345 g/mol. The second-order valence-corrected chi connectivity index (χ2v) is 6.44. The van der Waals surface area contributed by atoms with Crippen LogP contribution in [-0.4, -0.2) is 37.1 Å². The number of rotatable bonds is 4. The van der Waals surface area contributed by atoms with Gasteiger partial charge in [0.1, 0.15) is 0 Å². The van der Waals surface area contributed by atoms with Crippen molar-refractivity contribution in [3.8, 4) is 0 Å². The van der Waals surface area contributed by atoms with Crippen molar-refractivity contribution in [1.82, 2.24) is 4.90 Å². The number of amides is 1. The van der Waals surface area contributed by atoms with E-state index >= 15 is 0 Å². The topological polar surface area (TPSA) is 41.6 Å². The number of hydrogen-bond donors (Lipinski definition) is 1. The molecular formula is C19H21ClN2O2. The molecule has 4 nitrogen and oxygen atoms in total. The molecule has 0 spiro atoms. The number of benzene rings is 2. The van der Waals surface area contributed by atoms with Crippen LogP contribution >= 0.6 is 11.6 Å². The number of aryl methyl sites for hydroxylation is 1. The standard InChI is InChI=1S/C19H21ClN2O2/c1-14-5-6-17(20)12-18(14)21-19(23)16-4-2-3-15(11-16)13-22-7-9-24-10-8-22/h2-6,11-12H,7-10,13H2,1H3,(H,21,23). The zero-order valence-electron chi connectivity index (χ0n) is 13.7. The Hall–Kier alpha value is -1.88. The Kier molecular flexibility index (Phi) is 5.51. The van der Waals surface area contributed by atoms with Crippen LogP contribution < -0.4 is 5.32 Å². The first kappa shape index (κ1) is 17.0. The summed E-state index contributed by atoms with van der Waals surface area (Å²) >= 11 is 6.01. The van der Waals surface area contributed by atoms with Crippen LogP contribution in [0.2, 0.25) is 5.02 Å². The molecule has 1 fully saturated rings. The molecular weight excluding hydrogens is 324 g/mol. The predicted molar refractivity (Wildman–Crippen MR) is 96.7 cm³/mol. The van der Waals surface area contributed by atoms with Gasteiger partial charge in [-0.25, -0.2) is 0 Å². The average Bonchev–Trinajstić information content (AvgIpc) is 2.59. The molecule has 2 aromatic rings. The first-order chi connectivity index (χ1) is 11.6. The molecule has 1 saturated heterocycles. The highest BCUT2D eigenvalue weighted by molar-refractivity contribution is 6.31. The normalized spacial score (nSPS) is 15.2. The lowest BCUT2D eigenvalue weighted by Crippen LogP contribution is -2.35. The summed E-state index contributed by atoms with van der Waals surface area (Å²) in [5, 5.41) is 3.55. The Morgan fingerprint density at radius 3 is 2.79 bits per heavy atom. The highest BCUT2D eigenvalue weighted by atomic mass is 35.5. The van der Waals surface area contributed by atoms with Gasteiger partial charge in [-0.3, -0.25) is 9.69 Å². The summed E-state index contributed by atoms with van der Waals surface area (Å²) in [5.74, 6) is -0.121. The fourth-order valence-corrected chi connectivity index (χ4v) is 2.92. The van der Waals surface area contributed by atoms with Crippen molar-refractivity contribution in [2.75, 3.05) is 31.6 Å². The van der Waals surface area contributed by atoms with Gasteiger partial charge in [-0.1, -0.05) is 29.8 Å². The van der Waals surface area contributed by atoms with E-state index in [0.717, 1.165) is 49.7 Å². The SMILES string of the molecule is Cc1ccc(Cl)cc1NC(=O)c1cccc(CN2CCOCC2)c1. The highest BCUT2D eigenvalue weighted by Gasteiger charge is 2.13. The summed E-state index contributed by atoms with van der Waals surface area (Å²) in [6.07, 6.45) is 0. The molecule has 0 aliphatic carbocycles. The lowest BCUT2D eigenvalue weighted by molar-refractivity contribution is 0.0342. The van der Waals surface area contributed by atoms with E-state index in [-0.39, 0.29) is 5.91 Å². The summed E-state index contributed by atoms with van der Waals surface area (Å²) in [5.41, 5.74) is 3.51. The van der Waals surface area contributed by atoms with Gasteiger partial charge in [0.15, 0.2) is 0 Å². The van der Waals surface area contributed by atoms with E-state index in [1.54, 1.807) is 6.07 Å². The Bertz CT molecular complexity index is 727. The molecule has 1 heterocycles. The summed E-state index contributed by atoms with van der Waals surface area (Å²) in [6.45, 7) is 6.18. The zero-order chi connectivity index (χ0) is 16.9. The number of ether oxygens (including phenoxy) is 1. The van der Waals surface area contributed by atoms with Crippen molar-refractivity contribution in [3.63, 3.8) is 0 Å². The smallest absolute Gasteiger partial charge is 0.255 e. The monoisotopic (exact) mass is 344 g/mol. The molecule has 0 saturated carbocycles. The fraction of sp³-hybridized carbons (Fsp3) is 0.316. The van der Waals surface area contributed by atoms with Gasteiger partial charge in [-0.05, 0) is 42.3 Å². The molecule has 126 valence electrons. The molecule has 1 aliphatic rings. The van der Waals surface area contributed by atoms with E-state index in [9.17, 15) is 4.79 Å². The van der Waals surface area contributed by atoms with Crippen LogP contribution in [0.3, 0.4) is 0 Å². The molecule has 1 aliphatic heterocycles. The summed E-state index contributed by atoms with van der Waals surface area (Å²) in [4.78, 5) is 14.9. The molecule has 0 radical (unpaired) electrons. The van der Waals surface area contributed by atoms with E-state index in [2.05, 4.69) is 16.3 Å². The van der Waals surface area contributed by atoms with Crippen LogP contribution in [0.25, 0.3) is 0 Å². The Morgan fingerprint density at radius 1 is 1.21 bits per heavy atom. The number of carbonyl (C=O) groups excluding carboxylic acids is 1. The molecule has 0 bridgehead atoms. The maximum atomic E-state index is 12.5. The van der Waals surface area contributed by atoms with Gasteiger partial charge < -0.3 is 10.1 Å². The summed E-state index contributed by atoms with van der Waals surface area (Å²) in [7, 11) is 0. The maximum absolute atomic E-state index is 12.5. The molecule has 5 heteroatoms. The number of halogens is 1. The van der Waals surface area contributed by atoms with Gasteiger partial charge in [-0.15, -0.1) is 0 Å². The first-order valence-corrected chi connectivity index (χ1v) is 8.46. The Morgan fingerprint density at radius 2 is 2.00 bits per heavy atom. The van der Waals surface area contributed by atoms with Crippen molar-refractivity contribution in [2.24, 2.45) is 0 Å². The van der Waals surface area contributed by atoms with Gasteiger partial charge >= 0.3 is 0 Å². The molecule has 24 heavy (non-hydrogen) atoms. The molecule has 2 aromatic carbocycles. The second-order valence-electron chi connectivity index (χ2n) is 6.00.